The molecule has 1 fully saturated rings. The molecule has 1 heterocycles. The molecule has 0 bridgehead atoms. The molecule has 0 radical (unpaired) electrons. The van der Waals surface area contributed by atoms with Gasteiger partial charge >= 0.3 is 0 Å². The van der Waals surface area contributed by atoms with Crippen molar-refractivity contribution in [2.24, 2.45) is 0 Å². The Morgan fingerprint density at radius 2 is 1.71 bits per heavy atom. The lowest BCUT2D eigenvalue weighted by Gasteiger charge is -2.30. The predicted molar refractivity (Wildman–Crippen MR) is 87.5 cm³/mol. The van der Waals surface area contributed by atoms with Crippen LogP contribution in [0.15, 0.2) is 36.4 Å². The van der Waals surface area contributed by atoms with Gasteiger partial charge in [0.25, 0.3) is 0 Å². The molecule has 0 amide bonds. The summed E-state index contributed by atoms with van der Waals surface area (Å²) < 4.78 is 25.6. The smallest absolute Gasteiger partial charge is 0.229 e. The van der Waals surface area contributed by atoms with E-state index in [4.69, 9.17) is 0 Å². The van der Waals surface area contributed by atoms with Crippen molar-refractivity contribution in [3.05, 3.63) is 36.4 Å². The second kappa shape index (κ2) is 5.54. The van der Waals surface area contributed by atoms with Gasteiger partial charge in [-0.1, -0.05) is 24.3 Å². The molecule has 0 saturated carbocycles. The molecule has 5 nitrogen and oxygen atoms in total. The highest BCUT2D eigenvalue weighted by atomic mass is 32.2. The van der Waals surface area contributed by atoms with Crippen LogP contribution in [0, 0.1) is 0 Å². The zero-order chi connectivity index (χ0) is 14.9. The van der Waals surface area contributed by atoms with Gasteiger partial charge in [-0.2, -0.15) is 0 Å². The molecule has 2 N–H and O–H groups in total. The van der Waals surface area contributed by atoms with E-state index >= 15 is 0 Å². The van der Waals surface area contributed by atoms with Crippen LogP contribution in [0.3, 0.4) is 0 Å². The lowest BCUT2D eigenvalue weighted by Crippen LogP contribution is -2.43. The Morgan fingerprint density at radius 1 is 1.05 bits per heavy atom. The molecule has 21 heavy (non-hydrogen) atoms. The van der Waals surface area contributed by atoms with Crippen molar-refractivity contribution < 1.29 is 8.42 Å². The molecule has 112 valence electrons. The number of piperazine rings is 1. The maximum atomic E-state index is 11.5. The molecule has 0 aliphatic carbocycles. The number of anilines is 2. The number of sulfonamides is 1. The van der Waals surface area contributed by atoms with Crippen LogP contribution in [-0.4, -0.2) is 40.9 Å². The van der Waals surface area contributed by atoms with Gasteiger partial charge in [0.1, 0.15) is 0 Å². The molecule has 0 spiro atoms. The Labute approximate surface area is 125 Å². The molecule has 6 heteroatoms. The fraction of sp³-hybridized carbons (Fsp3) is 0.333. The number of nitrogens with one attached hydrogen (secondary N) is 2. The van der Waals surface area contributed by atoms with Crippen molar-refractivity contribution in [1.29, 1.82) is 0 Å². The van der Waals surface area contributed by atoms with E-state index in [1.165, 1.54) is 6.26 Å². The minimum Gasteiger partial charge on any atom is -0.368 e. The normalized spacial score (nSPS) is 16.1. The number of rotatable bonds is 3. The number of fused-ring (bicyclic) bond motifs is 1. The SMILES string of the molecule is CS(=O)(=O)Nc1ccc(N2CCNCC2)c2ccccc12. The van der Waals surface area contributed by atoms with E-state index in [2.05, 4.69) is 14.9 Å². The summed E-state index contributed by atoms with van der Waals surface area (Å²) in [6.45, 7) is 3.86. The Kier molecular flexibility index (Phi) is 3.73. The molecule has 2 aromatic rings. The van der Waals surface area contributed by atoms with Crippen LogP contribution < -0.4 is 14.9 Å². The molecule has 1 aliphatic heterocycles. The minimum absolute atomic E-state index is 0.631. The second-order valence-electron chi connectivity index (χ2n) is 5.29. The van der Waals surface area contributed by atoms with Crippen molar-refractivity contribution in [2.75, 3.05) is 42.1 Å². The van der Waals surface area contributed by atoms with E-state index in [9.17, 15) is 8.42 Å². The predicted octanol–water partition coefficient (Wildman–Crippen LogP) is 1.62. The summed E-state index contributed by atoms with van der Waals surface area (Å²) in [5.41, 5.74) is 1.79. The first-order valence-electron chi connectivity index (χ1n) is 7.00. The molecule has 0 atom stereocenters. The molecule has 1 aliphatic rings. The molecule has 2 aromatic carbocycles. The Bertz CT molecular complexity index is 753. The average Bonchev–Trinajstić information content (AvgIpc) is 2.47. The van der Waals surface area contributed by atoms with Crippen molar-refractivity contribution in [2.45, 2.75) is 0 Å². The number of hydrogen-bond donors (Lipinski definition) is 2. The van der Waals surface area contributed by atoms with Crippen molar-refractivity contribution in [1.82, 2.24) is 5.32 Å². The van der Waals surface area contributed by atoms with E-state index in [0.29, 0.717) is 5.69 Å². The zero-order valence-electron chi connectivity index (χ0n) is 12.0. The van der Waals surface area contributed by atoms with E-state index < -0.39 is 10.0 Å². The van der Waals surface area contributed by atoms with Crippen LogP contribution in [0.25, 0.3) is 10.8 Å². The summed E-state index contributed by atoms with van der Waals surface area (Å²) in [4.78, 5) is 2.34. The first-order valence-corrected chi connectivity index (χ1v) is 8.89. The van der Waals surface area contributed by atoms with Crippen LogP contribution in [-0.2, 0) is 10.0 Å². The third-order valence-electron chi connectivity index (χ3n) is 3.65. The van der Waals surface area contributed by atoms with E-state index in [0.717, 1.165) is 42.6 Å². The highest BCUT2D eigenvalue weighted by Gasteiger charge is 2.15. The third kappa shape index (κ3) is 3.11. The van der Waals surface area contributed by atoms with Gasteiger partial charge in [0.2, 0.25) is 10.0 Å². The van der Waals surface area contributed by atoms with E-state index in [1.807, 2.05) is 36.4 Å². The van der Waals surface area contributed by atoms with Gasteiger partial charge in [-0.05, 0) is 12.1 Å². The fourth-order valence-electron chi connectivity index (χ4n) is 2.75. The van der Waals surface area contributed by atoms with Crippen LogP contribution in [0.1, 0.15) is 0 Å². The van der Waals surface area contributed by atoms with E-state index in [-0.39, 0.29) is 0 Å². The topological polar surface area (TPSA) is 61.4 Å². The molecule has 0 aromatic heterocycles. The monoisotopic (exact) mass is 305 g/mol. The van der Waals surface area contributed by atoms with Crippen molar-refractivity contribution in [3.8, 4) is 0 Å². The van der Waals surface area contributed by atoms with Gasteiger partial charge < -0.3 is 10.2 Å². The summed E-state index contributed by atoms with van der Waals surface area (Å²) in [5.74, 6) is 0. The largest absolute Gasteiger partial charge is 0.368 e. The maximum Gasteiger partial charge on any atom is 0.229 e. The highest BCUT2D eigenvalue weighted by molar-refractivity contribution is 7.92. The number of hydrogen-bond acceptors (Lipinski definition) is 4. The van der Waals surface area contributed by atoms with Gasteiger partial charge in [-0.25, -0.2) is 8.42 Å². The van der Waals surface area contributed by atoms with Gasteiger partial charge in [-0.3, -0.25) is 4.72 Å². The van der Waals surface area contributed by atoms with Crippen LogP contribution in [0.4, 0.5) is 11.4 Å². The number of benzene rings is 2. The summed E-state index contributed by atoms with van der Waals surface area (Å²) in [5, 5.41) is 5.35. The van der Waals surface area contributed by atoms with Gasteiger partial charge in [-0.15, -0.1) is 0 Å². The standard InChI is InChI=1S/C15H19N3O2S/c1-21(19,20)17-14-6-7-15(18-10-8-16-9-11-18)13-5-3-2-4-12(13)14/h2-7,16-17H,8-11H2,1H3. The first-order chi connectivity index (χ1) is 10.0. The summed E-state index contributed by atoms with van der Waals surface area (Å²) in [7, 11) is -3.28. The third-order valence-corrected chi connectivity index (χ3v) is 4.24. The Morgan fingerprint density at radius 3 is 2.38 bits per heavy atom. The van der Waals surface area contributed by atoms with Crippen molar-refractivity contribution >= 4 is 32.2 Å². The summed E-state index contributed by atoms with van der Waals surface area (Å²) in [6.07, 6.45) is 1.17. The zero-order valence-corrected chi connectivity index (χ0v) is 12.8. The van der Waals surface area contributed by atoms with Crippen LogP contribution in [0.5, 0.6) is 0 Å². The molecule has 0 unspecified atom stereocenters. The van der Waals surface area contributed by atoms with Gasteiger partial charge in [0, 0.05) is 42.6 Å². The number of nitrogens with zero attached hydrogens (tertiary/aromatic N) is 1. The van der Waals surface area contributed by atoms with E-state index in [1.54, 1.807) is 0 Å². The molecule has 1 saturated heterocycles. The molecular formula is C15H19N3O2S. The summed E-state index contributed by atoms with van der Waals surface area (Å²) in [6, 6.07) is 11.8. The quantitative estimate of drug-likeness (QED) is 0.904. The maximum absolute atomic E-state index is 11.5. The minimum atomic E-state index is -3.28. The molecule has 3 rings (SSSR count). The van der Waals surface area contributed by atoms with Gasteiger partial charge in [0.05, 0.1) is 11.9 Å². The summed E-state index contributed by atoms with van der Waals surface area (Å²) >= 11 is 0. The molecular weight excluding hydrogens is 286 g/mol. The highest BCUT2D eigenvalue weighted by Crippen LogP contribution is 2.32. The Balaban J connectivity index is 2.10. The average molecular weight is 305 g/mol. The first kappa shape index (κ1) is 14.2. The lowest BCUT2D eigenvalue weighted by atomic mass is 10.1. The fourth-order valence-corrected chi connectivity index (χ4v) is 3.33. The lowest BCUT2D eigenvalue weighted by molar-refractivity contribution is 0.590. The van der Waals surface area contributed by atoms with Crippen molar-refractivity contribution in [3.63, 3.8) is 0 Å². The van der Waals surface area contributed by atoms with Crippen LogP contribution in [0.2, 0.25) is 0 Å². The second-order valence-corrected chi connectivity index (χ2v) is 7.04. The van der Waals surface area contributed by atoms with Crippen LogP contribution >= 0.6 is 0 Å². The Hall–Kier alpha value is -1.79. The van der Waals surface area contributed by atoms with Gasteiger partial charge in [0.15, 0.2) is 0 Å².